The summed E-state index contributed by atoms with van der Waals surface area (Å²) in [5.74, 6) is 0. The van der Waals surface area contributed by atoms with E-state index >= 15 is 0 Å². The van der Waals surface area contributed by atoms with Crippen LogP contribution in [0.1, 0.15) is 25.8 Å². The molecule has 1 atom stereocenters. The molecule has 2 aliphatic heterocycles. The molecule has 0 radical (unpaired) electrons. The first-order chi connectivity index (χ1) is 11.2. The van der Waals surface area contributed by atoms with Gasteiger partial charge < -0.3 is 10.2 Å². The van der Waals surface area contributed by atoms with Crippen molar-refractivity contribution in [3.05, 3.63) is 71.2 Å². The molecule has 2 heterocycles. The Morgan fingerprint density at radius 2 is 2.00 bits per heavy atom. The normalized spacial score (nSPS) is 19.0. The SMILES string of the molecule is CC[C@@H](C)N(C)C1=C2NC=CC=C2CN(Cc2ccccc2)C1. The molecule has 0 unspecified atom stereocenters. The lowest BCUT2D eigenvalue weighted by Crippen LogP contribution is -2.43. The number of nitrogens with one attached hydrogen (secondary N) is 1. The van der Waals surface area contributed by atoms with Crippen molar-refractivity contribution in [1.82, 2.24) is 15.1 Å². The summed E-state index contributed by atoms with van der Waals surface area (Å²) in [4.78, 5) is 4.96. The molecule has 1 aromatic rings. The third kappa shape index (κ3) is 3.50. The van der Waals surface area contributed by atoms with Crippen molar-refractivity contribution in [2.75, 3.05) is 20.1 Å². The van der Waals surface area contributed by atoms with Gasteiger partial charge in [-0.1, -0.05) is 43.3 Å². The van der Waals surface area contributed by atoms with E-state index in [4.69, 9.17) is 0 Å². The first kappa shape index (κ1) is 15.9. The smallest absolute Gasteiger partial charge is 0.0633 e. The number of hydrogen-bond acceptors (Lipinski definition) is 3. The molecular formula is C20H27N3. The summed E-state index contributed by atoms with van der Waals surface area (Å²) in [6.07, 6.45) is 7.54. The topological polar surface area (TPSA) is 18.5 Å². The van der Waals surface area contributed by atoms with Crippen molar-refractivity contribution in [3.63, 3.8) is 0 Å². The molecule has 1 aromatic carbocycles. The molecule has 0 bridgehead atoms. The van der Waals surface area contributed by atoms with E-state index in [1.807, 2.05) is 6.20 Å². The van der Waals surface area contributed by atoms with Crippen molar-refractivity contribution < 1.29 is 0 Å². The van der Waals surface area contributed by atoms with Crippen molar-refractivity contribution in [2.45, 2.75) is 32.9 Å². The molecule has 0 saturated heterocycles. The van der Waals surface area contributed by atoms with Gasteiger partial charge in [-0.3, -0.25) is 4.90 Å². The van der Waals surface area contributed by atoms with Gasteiger partial charge in [0.25, 0.3) is 0 Å². The lowest BCUT2D eigenvalue weighted by molar-refractivity contribution is 0.230. The fourth-order valence-electron chi connectivity index (χ4n) is 3.24. The molecule has 0 fully saturated rings. The highest BCUT2D eigenvalue weighted by molar-refractivity contribution is 5.43. The molecule has 0 spiro atoms. The van der Waals surface area contributed by atoms with Crippen molar-refractivity contribution >= 4 is 0 Å². The predicted octanol–water partition coefficient (Wildman–Crippen LogP) is 3.49. The number of benzene rings is 1. The third-order valence-corrected chi connectivity index (χ3v) is 4.93. The van der Waals surface area contributed by atoms with Crippen LogP contribution in [0.25, 0.3) is 0 Å². The lowest BCUT2D eigenvalue weighted by atomic mass is 10.0. The number of nitrogens with zero attached hydrogens (tertiary/aromatic N) is 2. The first-order valence-corrected chi connectivity index (χ1v) is 8.54. The van der Waals surface area contributed by atoms with Gasteiger partial charge in [0.05, 0.1) is 11.4 Å². The van der Waals surface area contributed by atoms with Gasteiger partial charge in [-0.05, 0) is 30.6 Å². The summed E-state index contributed by atoms with van der Waals surface area (Å²) >= 11 is 0. The Labute approximate surface area is 140 Å². The Kier molecular flexibility index (Phi) is 4.87. The van der Waals surface area contributed by atoms with E-state index in [2.05, 4.69) is 78.5 Å². The zero-order chi connectivity index (χ0) is 16.2. The fourth-order valence-corrected chi connectivity index (χ4v) is 3.24. The summed E-state index contributed by atoms with van der Waals surface area (Å²) in [6, 6.07) is 11.3. The van der Waals surface area contributed by atoms with Gasteiger partial charge in [-0.25, -0.2) is 0 Å². The molecule has 0 aromatic heterocycles. The van der Waals surface area contributed by atoms with E-state index in [0.29, 0.717) is 6.04 Å². The highest BCUT2D eigenvalue weighted by atomic mass is 15.2. The lowest BCUT2D eigenvalue weighted by Gasteiger charge is -2.39. The largest absolute Gasteiger partial charge is 0.372 e. The summed E-state index contributed by atoms with van der Waals surface area (Å²) < 4.78 is 0. The maximum absolute atomic E-state index is 3.48. The minimum Gasteiger partial charge on any atom is -0.372 e. The van der Waals surface area contributed by atoms with Crippen LogP contribution in [0.15, 0.2) is 65.7 Å². The highest BCUT2D eigenvalue weighted by Crippen LogP contribution is 2.27. The van der Waals surface area contributed by atoms with Crippen LogP contribution in [0, 0.1) is 0 Å². The Bertz CT molecular complexity index is 628. The Morgan fingerprint density at radius 3 is 2.74 bits per heavy atom. The van der Waals surface area contributed by atoms with Crippen molar-refractivity contribution in [2.24, 2.45) is 0 Å². The Hall–Kier alpha value is -2.00. The minimum absolute atomic E-state index is 0.545. The second-order valence-corrected chi connectivity index (χ2v) is 6.52. The number of allylic oxidation sites excluding steroid dienone is 2. The maximum Gasteiger partial charge on any atom is 0.0633 e. The molecule has 23 heavy (non-hydrogen) atoms. The highest BCUT2D eigenvalue weighted by Gasteiger charge is 2.27. The molecule has 122 valence electrons. The van der Waals surface area contributed by atoms with Crippen LogP contribution in [0.2, 0.25) is 0 Å². The molecule has 0 amide bonds. The average molecular weight is 309 g/mol. The molecule has 3 nitrogen and oxygen atoms in total. The first-order valence-electron chi connectivity index (χ1n) is 8.54. The van der Waals surface area contributed by atoms with E-state index in [9.17, 15) is 0 Å². The van der Waals surface area contributed by atoms with E-state index in [1.54, 1.807) is 0 Å². The Morgan fingerprint density at radius 1 is 1.22 bits per heavy atom. The van der Waals surface area contributed by atoms with Gasteiger partial charge in [0, 0.05) is 38.9 Å². The molecule has 1 N–H and O–H groups in total. The van der Waals surface area contributed by atoms with E-state index in [0.717, 1.165) is 26.1 Å². The zero-order valence-electron chi connectivity index (χ0n) is 14.4. The van der Waals surface area contributed by atoms with Gasteiger partial charge in [-0.2, -0.15) is 0 Å². The summed E-state index contributed by atoms with van der Waals surface area (Å²) in [6.45, 7) is 7.53. The molecule has 3 rings (SSSR count). The van der Waals surface area contributed by atoms with Crippen LogP contribution < -0.4 is 5.32 Å². The van der Waals surface area contributed by atoms with Crippen LogP contribution in [0.5, 0.6) is 0 Å². The summed E-state index contributed by atoms with van der Waals surface area (Å²) in [5, 5.41) is 3.48. The number of likely N-dealkylation sites (N-methyl/N-ethyl adjacent to an activating group) is 1. The predicted molar refractivity (Wildman–Crippen MR) is 96.6 cm³/mol. The molecule has 0 saturated carbocycles. The van der Waals surface area contributed by atoms with E-state index < -0.39 is 0 Å². The average Bonchev–Trinajstić information content (AvgIpc) is 2.60. The van der Waals surface area contributed by atoms with Gasteiger partial charge in [-0.15, -0.1) is 0 Å². The second kappa shape index (κ2) is 7.05. The monoisotopic (exact) mass is 309 g/mol. The Balaban J connectivity index is 1.85. The van der Waals surface area contributed by atoms with E-state index in [1.165, 1.54) is 22.5 Å². The standard InChI is InChI=1S/C20H27N3/c1-4-16(2)22(3)19-15-23(13-17-9-6-5-7-10-17)14-18-11-8-12-21-20(18)19/h5-12,16,21H,4,13-15H2,1-3H3/t16-/m1/s1. The van der Waals surface area contributed by atoms with E-state index in [-0.39, 0.29) is 0 Å². The fraction of sp³-hybridized carbons (Fsp3) is 0.400. The van der Waals surface area contributed by atoms with Crippen LogP contribution in [0.3, 0.4) is 0 Å². The summed E-state index contributed by atoms with van der Waals surface area (Å²) in [7, 11) is 2.22. The van der Waals surface area contributed by atoms with Gasteiger partial charge in [0.15, 0.2) is 0 Å². The number of dihydropyridines is 1. The van der Waals surface area contributed by atoms with Gasteiger partial charge in [0.1, 0.15) is 0 Å². The van der Waals surface area contributed by atoms with Crippen molar-refractivity contribution in [1.29, 1.82) is 0 Å². The van der Waals surface area contributed by atoms with Crippen LogP contribution in [-0.2, 0) is 6.54 Å². The van der Waals surface area contributed by atoms with Gasteiger partial charge >= 0.3 is 0 Å². The number of hydrogen-bond donors (Lipinski definition) is 1. The number of fused-ring (bicyclic) bond motifs is 1. The second-order valence-electron chi connectivity index (χ2n) is 6.52. The van der Waals surface area contributed by atoms with Crippen LogP contribution >= 0.6 is 0 Å². The molecular weight excluding hydrogens is 282 g/mol. The third-order valence-electron chi connectivity index (χ3n) is 4.93. The summed E-state index contributed by atoms with van der Waals surface area (Å²) in [5.41, 5.74) is 5.47. The quantitative estimate of drug-likeness (QED) is 0.898. The molecule has 0 aliphatic carbocycles. The number of rotatable bonds is 5. The van der Waals surface area contributed by atoms with Crippen LogP contribution in [0.4, 0.5) is 0 Å². The minimum atomic E-state index is 0.545. The van der Waals surface area contributed by atoms with Gasteiger partial charge in [0.2, 0.25) is 0 Å². The molecule has 2 aliphatic rings. The van der Waals surface area contributed by atoms with Crippen molar-refractivity contribution in [3.8, 4) is 0 Å². The zero-order valence-corrected chi connectivity index (χ0v) is 14.4. The maximum atomic E-state index is 3.48. The van der Waals surface area contributed by atoms with Crippen LogP contribution in [-0.4, -0.2) is 36.0 Å². The molecule has 3 heteroatoms.